The van der Waals surface area contributed by atoms with Crippen molar-refractivity contribution in [2.75, 3.05) is 13.1 Å². The zero-order valence-electron chi connectivity index (χ0n) is 15.1. The topological polar surface area (TPSA) is 49.4 Å². The number of hydrogen-bond acceptors (Lipinski definition) is 2. The van der Waals surface area contributed by atoms with E-state index < -0.39 is 6.04 Å². The molecule has 1 aliphatic heterocycles. The van der Waals surface area contributed by atoms with E-state index in [0.717, 1.165) is 17.9 Å². The van der Waals surface area contributed by atoms with E-state index in [0.29, 0.717) is 29.6 Å². The lowest BCUT2D eigenvalue weighted by atomic mass is 9.89. The van der Waals surface area contributed by atoms with Crippen LogP contribution in [0.1, 0.15) is 41.6 Å². The number of nitrogens with zero attached hydrogens (tertiary/aromatic N) is 1. The van der Waals surface area contributed by atoms with Crippen LogP contribution in [0.15, 0.2) is 48.5 Å². The lowest BCUT2D eigenvalue weighted by Crippen LogP contribution is -2.49. The number of carbonyl (C=O) groups is 2. The van der Waals surface area contributed by atoms with Crippen LogP contribution in [0.4, 0.5) is 0 Å². The number of amides is 2. The van der Waals surface area contributed by atoms with Gasteiger partial charge in [0.2, 0.25) is 5.91 Å². The van der Waals surface area contributed by atoms with Gasteiger partial charge in [0.05, 0.1) is 0 Å². The first-order valence-electron chi connectivity index (χ1n) is 9.04. The Kier molecular flexibility index (Phi) is 6.40. The van der Waals surface area contributed by atoms with Gasteiger partial charge in [-0.05, 0) is 61.6 Å². The Labute approximate surface area is 169 Å². The highest BCUT2D eigenvalue weighted by molar-refractivity contribution is 6.31. The van der Waals surface area contributed by atoms with Crippen LogP contribution < -0.4 is 5.32 Å². The molecule has 2 aromatic rings. The molecule has 0 radical (unpaired) electrons. The Balaban J connectivity index is 1.53. The number of halogens is 2. The summed E-state index contributed by atoms with van der Waals surface area (Å²) in [4.78, 5) is 26.8. The van der Waals surface area contributed by atoms with Crippen LogP contribution in [0.5, 0.6) is 0 Å². The molecule has 1 fully saturated rings. The average molecular weight is 405 g/mol. The summed E-state index contributed by atoms with van der Waals surface area (Å²) in [5, 5.41) is 3.99. The summed E-state index contributed by atoms with van der Waals surface area (Å²) in [7, 11) is 0. The predicted molar refractivity (Wildman–Crippen MR) is 108 cm³/mol. The molecule has 1 heterocycles. The monoisotopic (exact) mass is 404 g/mol. The summed E-state index contributed by atoms with van der Waals surface area (Å²) in [6.07, 6.45) is 1.81. The van der Waals surface area contributed by atoms with Crippen molar-refractivity contribution in [3.05, 3.63) is 69.7 Å². The fourth-order valence-electron chi connectivity index (χ4n) is 3.41. The zero-order valence-corrected chi connectivity index (χ0v) is 16.6. The molecule has 0 aromatic heterocycles. The van der Waals surface area contributed by atoms with Crippen molar-refractivity contribution in [3.63, 3.8) is 0 Å². The van der Waals surface area contributed by atoms with Gasteiger partial charge in [0.1, 0.15) is 6.04 Å². The second-order valence-corrected chi connectivity index (χ2v) is 7.73. The maximum atomic E-state index is 12.7. The number of rotatable bonds is 4. The van der Waals surface area contributed by atoms with E-state index in [1.165, 1.54) is 5.56 Å². The highest BCUT2D eigenvalue weighted by atomic mass is 35.5. The maximum absolute atomic E-state index is 12.7. The highest BCUT2D eigenvalue weighted by Gasteiger charge is 2.27. The Morgan fingerprint density at radius 2 is 1.70 bits per heavy atom. The summed E-state index contributed by atoms with van der Waals surface area (Å²) in [6, 6.07) is 14.0. The Hall–Kier alpha value is -2.04. The zero-order chi connectivity index (χ0) is 19.4. The van der Waals surface area contributed by atoms with Crippen LogP contribution in [0.2, 0.25) is 10.0 Å². The molecule has 4 nitrogen and oxygen atoms in total. The number of benzene rings is 2. The lowest BCUT2D eigenvalue weighted by molar-refractivity contribution is -0.133. The third kappa shape index (κ3) is 5.02. The first-order chi connectivity index (χ1) is 12.9. The minimum Gasteiger partial charge on any atom is -0.341 e. The fraction of sp³-hybridized carbons (Fsp3) is 0.333. The minimum absolute atomic E-state index is 0.0556. The second kappa shape index (κ2) is 8.77. The molecule has 2 amide bonds. The molecule has 1 atom stereocenters. The van der Waals surface area contributed by atoms with Gasteiger partial charge in [0.15, 0.2) is 0 Å². The number of carbonyl (C=O) groups excluding carboxylic acids is 2. The van der Waals surface area contributed by atoms with Crippen molar-refractivity contribution >= 4 is 35.0 Å². The van der Waals surface area contributed by atoms with Gasteiger partial charge in [-0.25, -0.2) is 0 Å². The normalized spacial score (nSPS) is 16.0. The van der Waals surface area contributed by atoms with Gasteiger partial charge in [-0.15, -0.1) is 0 Å². The molecule has 0 saturated carbocycles. The van der Waals surface area contributed by atoms with Crippen LogP contribution >= 0.6 is 23.2 Å². The van der Waals surface area contributed by atoms with Crippen LogP contribution in [-0.2, 0) is 4.79 Å². The van der Waals surface area contributed by atoms with E-state index in [2.05, 4.69) is 17.4 Å². The van der Waals surface area contributed by atoms with Crippen LogP contribution in [0, 0.1) is 0 Å². The van der Waals surface area contributed by atoms with E-state index >= 15 is 0 Å². The Morgan fingerprint density at radius 3 is 2.33 bits per heavy atom. The summed E-state index contributed by atoms with van der Waals surface area (Å²) in [5.74, 6) is 0.0806. The van der Waals surface area contributed by atoms with Gasteiger partial charge in [-0.3, -0.25) is 9.59 Å². The third-order valence-electron chi connectivity index (χ3n) is 4.95. The van der Waals surface area contributed by atoms with Gasteiger partial charge < -0.3 is 10.2 Å². The SMILES string of the molecule is CC(NC(=O)c1cccc(Cl)c1)C(=O)N1CCC(c2ccc(Cl)cc2)CC1. The van der Waals surface area contributed by atoms with Crippen molar-refractivity contribution in [2.45, 2.75) is 31.7 Å². The van der Waals surface area contributed by atoms with Crippen LogP contribution in [-0.4, -0.2) is 35.8 Å². The number of hydrogen-bond donors (Lipinski definition) is 1. The van der Waals surface area contributed by atoms with Crippen molar-refractivity contribution in [1.82, 2.24) is 10.2 Å². The van der Waals surface area contributed by atoms with E-state index in [1.807, 2.05) is 17.0 Å². The van der Waals surface area contributed by atoms with Crippen molar-refractivity contribution in [3.8, 4) is 0 Å². The second-order valence-electron chi connectivity index (χ2n) is 6.86. The lowest BCUT2D eigenvalue weighted by Gasteiger charge is -2.34. The van der Waals surface area contributed by atoms with Crippen molar-refractivity contribution < 1.29 is 9.59 Å². The molecule has 27 heavy (non-hydrogen) atoms. The van der Waals surface area contributed by atoms with Gasteiger partial charge in [-0.2, -0.15) is 0 Å². The molecule has 1 N–H and O–H groups in total. The Bertz CT molecular complexity index is 815. The van der Waals surface area contributed by atoms with E-state index in [4.69, 9.17) is 23.2 Å². The molecule has 1 saturated heterocycles. The van der Waals surface area contributed by atoms with Gasteiger partial charge in [0.25, 0.3) is 5.91 Å². The molecule has 1 unspecified atom stereocenters. The third-order valence-corrected chi connectivity index (χ3v) is 5.44. The van der Waals surface area contributed by atoms with E-state index in [1.54, 1.807) is 31.2 Å². The number of likely N-dealkylation sites (tertiary alicyclic amines) is 1. The molecule has 0 spiro atoms. The first kappa shape index (κ1) is 19.7. The summed E-state index contributed by atoms with van der Waals surface area (Å²) < 4.78 is 0. The molecule has 0 aliphatic carbocycles. The van der Waals surface area contributed by atoms with E-state index in [-0.39, 0.29) is 11.8 Å². The molecule has 142 valence electrons. The highest BCUT2D eigenvalue weighted by Crippen LogP contribution is 2.29. The Morgan fingerprint density at radius 1 is 1.04 bits per heavy atom. The standard InChI is InChI=1S/C21H22Cl2N2O2/c1-14(24-20(26)17-3-2-4-19(23)13-17)21(27)25-11-9-16(10-12-25)15-5-7-18(22)8-6-15/h2-8,13-14,16H,9-12H2,1H3,(H,24,26). The molecule has 0 bridgehead atoms. The molecular formula is C21H22Cl2N2O2. The molecule has 3 rings (SSSR count). The average Bonchev–Trinajstić information content (AvgIpc) is 2.68. The quantitative estimate of drug-likeness (QED) is 0.813. The first-order valence-corrected chi connectivity index (χ1v) is 9.80. The van der Waals surface area contributed by atoms with Gasteiger partial charge in [-0.1, -0.05) is 41.4 Å². The summed E-state index contributed by atoms with van der Waals surface area (Å²) >= 11 is 11.9. The number of nitrogens with one attached hydrogen (secondary N) is 1. The van der Waals surface area contributed by atoms with E-state index in [9.17, 15) is 9.59 Å². The van der Waals surface area contributed by atoms with Crippen molar-refractivity contribution in [2.24, 2.45) is 0 Å². The smallest absolute Gasteiger partial charge is 0.251 e. The van der Waals surface area contributed by atoms with Crippen molar-refractivity contribution in [1.29, 1.82) is 0 Å². The number of piperidine rings is 1. The van der Waals surface area contributed by atoms with Crippen LogP contribution in [0.25, 0.3) is 0 Å². The largest absolute Gasteiger partial charge is 0.341 e. The minimum atomic E-state index is -0.580. The van der Waals surface area contributed by atoms with Gasteiger partial charge >= 0.3 is 0 Å². The molecule has 2 aromatic carbocycles. The van der Waals surface area contributed by atoms with Gasteiger partial charge in [0, 0.05) is 28.7 Å². The summed E-state index contributed by atoms with van der Waals surface area (Å²) in [5.41, 5.74) is 1.71. The fourth-order valence-corrected chi connectivity index (χ4v) is 3.73. The van der Waals surface area contributed by atoms with Crippen LogP contribution in [0.3, 0.4) is 0 Å². The molecular weight excluding hydrogens is 383 g/mol. The molecule has 1 aliphatic rings. The maximum Gasteiger partial charge on any atom is 0.251 e. The predicted octanol–water partition coefficient (Wildman–Crippen LogP) is 4.52. The summed E-state index contributed by atoms with van der Waals surface area (Å²) in [6.45, 7) is 3.09. The molecule has 6 heteroatoms.